The van der Waals surface area contributed by atoms with Crippen molar-refractivity contribution in [1.29, 1.82) is 0 Å². The van der Waals surface area contributed by atoms with Crippen LogP contribution in [-0.2, 0) is 26.6 Å². The van der Waals surface area contributed by atoms with Crippen LogP contribution >= 0.6 is 34.5 Å². The molecule has 0 atom stereocenters. The number of aryl methyl sites for hydroxylation is 1. The normalized spacial score (nSPS) is 12.2. The Morgan fingerprint density at radius 1 is 0.906 bits per heavy atom. The summed E-state index contributed by atoms with van der Waals surface area (Å²) in [5, 5.41) is 2.30. The highest BCUT2D eigenvalue weighted by Crippen LogP contribution is 2.36. The van der Waals surface area contributed by atoms with Crippen molar-refractivity contribution in [2.75, 3.05) is 9.44 Å². The molecular weight excluding hydrogens is 513 g/mol. The van der Waals surface area contributed by atoms with Gasteiger partial charge in [0, 0.05) is 23.6 Å². The van der Waals surface area contributed by atoms with Crippen LogP contribution in [0.25, 0.3) is 10.9 Å². The number of fused-ring (bicyclic) bond motifs is 1. The van der Waals surface area contributed by atoms with Gasteiger partial charge in [-0.25, -0.2) is 16.8 Å². The maximum absolute atomic E-state index is 13.3. The summed E-state index contributed by atoms with van der Waals surface area (Å²) >= 11 is 13.2. The minimum absolute atomic E-state index is 0.0466. The minimum Gasteiger partial charge on any atom is -0.348 e. The summed E-state index contributed by atoms with van der Waals surface area (Å²) in [7, 11) is -8.04. The van der Waals surface area contributed by atoms with Crippen molar-refractivity contribution in [3.05, 3.63) is 70.2 Å². The van der Waals surface area contributed by atoms with Crippen LogP contribution in [0.4, 0.5) is 11.4 Å². The van der Waals surface area contributed by atoms with Crippen molar-refractivity contribution >= 4 is 76.9 Å². The second kappa shape index (κ2) is 8.60. The van der Waals surface area contributed by atoms with E-state index in [1.807, 2.05) is 23.8 Å². The third-order valence-corrected chi connectivity index (χ3v) is 9.62. The Bertz CT molecular complexity index is 1510. The SMILES string of the molecule is CCn1ccc2c(S(=O)(=O)Nc3cc(Cl)c(Cl)cc3NS(=O)(=O)c3cccs3)cccc21. The van der Waals surface area contributed by atoms with Crippen molar-refractivity contribution < 1.29 is 16.8 Å². The van der Waals surface area contributed by atoms with E-state index in [4.69, 9.17) is 23.2 Å². The Hall–Kier alpha value is -2.24. The van der Waals surface area contributed by atoms with Crippen molar-refractivity contribution in [3.8, 4) is 0 Å². The van der Waals surface area contributed by atoms with Gasteiger partial charge in [-0.2, -0.15) is 0 Å². The van der Waals surface area contributed by atoms with Crippen molar-refractivity contribution in [3.63, 3.8) is 0 Å². The van der Waals surface area contributed by atoms with Crippen molar-refractivity contribution in [2.45, 2.75) is 22.6 Å². The Balaban J connectivity index is 1.78. The molecule has 2 aromatic heterocycles. The van der Waals surface area contributed by atoms with Gasteiger partial charge in [0.2, 0.25) is 0 Å². The molecule has 168 valence electrons. The van der Waals surface area contributed by atoms with Gasteiger partial charge in [-0.1, -0.05) is 35.3 Å². The maximum atomic E-state index is 13.3. The van der Waals surface area contributed by atoms with Gasteiger partial charge in [0.05, 0.1) is 26.3 Å². The van der Waals surface area contributed by atoms with Crippen molar-refractivity contribution in [2.24, 2.45) is 0 Å². The molecule has 0 unspecified atom stereocenters. The third kappa shape index (κ3) is 4.33. The fourth-order valence-corrected chi connectivity index (χ4v) is 6.91. The third-order valence-electron chi connectivity index (χ3n) is 4.71. The van der Waals surface area contributed by atoms with E-state index in [9.17, 15) is 16.8 Å². The van der Waals surface area contributed by atoms with E-state index in [0.29, 0.717) is 11.9 Å². The molecule has 2 heterocycles. The molecule has 4 aromatic rings. The zero-order chi connectivity index (χ0) is 23.1. The van der Waals surface area contributed by atoms with Crippen LogP contribution in [0.15, 0.2) is 69.2 Å². The summed E-state index contributed by atoms with van der Waals surface area (Å²) in [5.74, 6) is 0. The van der Waals surface area contributed by atoms with Gasteiger partial charge < -0.3 is 4.57 Å². The van der Waals surface area contributed by atoms with Gasteiger partial charge in [0.15, 0.2) is 0 Å². The number of nitrogens with zero attached hydrogens (tertiary/aromatic N) is 1. The lowest BCUT2D eigenvalue weighted by Crippen LogP contribution is -2.17. The first kappa shape index (κ1) is 22.9. The molecule has 12 heteroatoms. The van der Waals surface area contributed by atoms with Gasteiger partial charge in [-0.05, 0) is 48.7 Å². The van der Waals surface area contributed by atoms with Gasteiger partial charge in [0.1, 0.15) is 4.21 Å². The average Bonchev–Trinajstić information content (AvgIpc) is 3.41. The highest BCUT2D eigenvalue weighted by molar-refractivity contribution is 7.94. The van der Waals surface area contributed by atoms with E-state index in [1.165, 1.54) is 24.3 Å². The van der Waals surface area contributed by atoms with E-state index in [1.54, 1.807) is 23.6 Å². The lowest BCUT2D eigenvalue weighted by atomic mass is 10.2. The lowest BCUT2D eigenvalue weighted by molar-refractivity contribution is 0.600. The number of halogens is 2. The second-order valence-corrected chi connectivity index (χ2v) is 12.1. The standard InChI is InChI=1S/C20H17Cl2N3O4S3/c1-2-25-9-8-13-18(25)5-3-6-19(13)31(26,27)23-16-11-14(21)15(22)12-17(16)24-32(28,29)20-7-4-10-30-20/h3-12,23-24H,2H2,1H3. The lowest BCUT2D eigenvalue weighted by Gasteiger charge is -2.16. The van der Waals surface area contributed by atoms with Gasteiger partial charge in [-0.15, -0.1) is 11.3 Å². The monoisotopic (exact) mass is 529 g/mol. The molecule has 0 saturated heterocycles. The van der Waals surface area contributed by atoms with Crippen LogP contribution in [-0.4, -0.2) is 21.4 Å². The minimum atomic E-state index is -4.09. The first-order chi connectivity index (χ1) is 15.1. The predicted molar refractivity (Wildman–Crippen MR) is 130 cm³/mol. The molecule has 7 nitrogen and oxygen atoms in total. The number of anilines is 2. The molecule has 32 heavy (non-hydrogen) atoms. The van der Waals surface area contributed by atoms with Crippen molar-refractivity contribution in [1.82, 2.24) is 4.57 Å². The molecule has 4 rings (SSSR count). The number of nitrogens with one attached hydrogen (secondary N) is 2. The fraction of sp³-hybridized carbons (Fsp3) is 0.100. The molecular formula is C20H17Cl2N3O4S3. The van der Waals surface area contributed by atoms with Gasteiger partial charge in [0.25, 0.3) is 20.0 Å². The summed E-state index contributed by atoms with van der Waals surface area (Å²) in [4.78, 5) is 0.0559. The summed E-state index contributed by atoms with van der Waals surface area (Å²) in [6.07, 6.45) is 1.81. The van der Waals surface area contributed by atoms with Gasteiger partial charge in [-0.3, -0.25) is 9.44 Å². The highest BCUT2D eigenvalue weighted by atomic mass is 35.5. The smallest absolute Gasteiger partial charge is 0.271 e. The number of aromatic nitrogens is 1. The Kier molecular flexibility index (Phi) is 6.17. The zero-order valence-corrected chi connectivity index (χ0v) is 20.5. The predicted octanol–water partition coefficient (Wildman–Crippen LogP) is 5.63. The van der Waals surface area contributed by atoms with Crippen LogP contribution in [0.5, 0.6) is 0 Å². The molecule has 0 fully saturated rings. The summed E-state index contributed by atoms with van der Waals surface area (Å²) in [6, 6.07) is 12.3. The summed E-state index contributed by atoms with van der Waals surface area (Å²) < 4.78 is 58.8. The van der Waals surface area contributed by atoms with Crippen LogP contribution in [0.3, 0.4) is 0 Å². The molecule has 0 aliphatic carbocycles. The molecule has 2 aromatic carbocycles. The Morgan fingerprint density at radius 2 is 1.56 bits per heavy atom. The largest absolute Gasteiger partial charge is 0.348 e. The quantitative estimate of drug-likeness (QED) is 0.324. The molecule has 0 radical (unpaired) electrons. The van der Waals surface area contributed by atoms with E-state index >= 15 is 0 Å². The number of benzene rings is 2. The molecule has 0 spiro atoms. The molecule has 2 N–H and O–H groups in total. The second-order valence-electron chi connectivity index (χ2n) is 6.75. The number of thiophene rings is 1. The van der Waals surface area contributed by atoms with Gasteiger partial charge >= 0.3 is 0 Å². The number of sulfonamides is 2. The highest BCUT2D eigenvalue weighted by Gasteiger charge is 2.23. The number of hydrogen-bond donors (Lipinski definition) is 2. The molecule has 0 saturated carbocycles. The van der Waals surface area contributed by atoms with Crippen LogP contribution < -0.4 is 9.44 Å². The number of hydrogen-bond acceptors (Lipinski definition) is 5. The topological polar surface area (TPSA) is 97.3 Å². The average molecular weight is 530 g/mol. The fourth-order valence-electron chi connectivity index (χ4n) is 3.23. The Labute approximate surface area is 199 Å². The number of rotatable bonds is 7. The first-order valence-corrected chi connectivity index (χ1v) is 13.9. The molecule has 0 aliphatic rings. The first-order valence-electron chi connectivity index (χ1n) is 9.28. The molecule has 0 amide bonds. The van der Waals surface area contributed by atoms with Crippen LogP contribution in [0.2, 0.25) is 10.0 Å². The summed E-state index contributed by atoms with van der Waals surface area (Å²) in [5.41, 5.74) is 0.671. The maximum Gasteiger partial charge on any atom is 0.271 e. The van der Waals surface area contributed by atoms with E-state index in [2.05, 4.69) is 9.44 Å². The Morgan fingerprint density at radius 3 is 2.16 bits per heavy atom. The summed E-state index contributed by atoms with van der Waals surface area (Å²) in [6.45, 7) is 2.64. The van der Waals surface area contributed by atoms with E-state index in [-0.39, 0.29) is 30.5 Å². The zero-order valence-electron chi connectivity index (χ0n) is 16.5. The molecule has 0 aliphatic heterocycles. The van der Waals surface area contributed by atoms with Crippen LogP contribution in [0, 0.1) is 0 Å². The van der Waals surface area contributed by atoms with E-state index in [0.717, 1.165) is 16.9 Å². The molecule has 0 bridgehead atoms. The van der Waals surface area contributed by atoms with Crippen LogP contribution in [0.1, 0.15) is 6.92 Å². The van der Waals surface area contributed by atoms with E-state index < -0.39 is 20.0 Å².